The topological polar surface area (TPSA) is 99.5 Å². The molecular weight excluding hydrogens is 472 g/mol. The minimum absolute atomic E-state index is 0.00890. The monoisotopic (exact) mass is 510 g/mol. The third kappa shape index (κ3) is 6.07. The SMILES string of the molecule is CCOc1cc([C@H]2/C(=C(\O)c3ccc(OC(C)C)c(C)c3)C(=O)C(=O)N2CCN(CC)CC)ccc1O. The number of benzene rings is 2. The molecule has 200 valence electrons. The van der Waals surface area contributed by atoms with E-state index in [2.05, 4.69) is 4.90 Å². The van der Waals surface area contributed by atoms with Crippen molar-refractivity contribution < 1.29 is 29.3 Å². The molecule has 0 bridgehead atoms. The molecule has 1 fully saturated rings. The molecule has 1 aliphatic rings. The normalized spacial score (nSPS) is 17.2. The zero-order valence-corrected chi connectivity index (χ0v) is 22.6. The fraction of sp³-hybridized carbons (Fsp3) is 0.448. The van der Waals surface area contributed by atoms with Gasteiger partial charge in [0.1, 0.15) is 11.5 Å². The zero-order valence-electron chi connectivity index (χ0n) is 22.6. The Labute approximate surface area is 219 Å². The average molecular weight is 511 g/mol. The average Bonchev–Trinajstić information content (AvgIpc) is 3.11. The molecule has 0 aromatic heterocycles. The Balaban J connectivity index is 2.14. The maximum absolute atomic E-state index is 13.3. The Bertz CT molecular complexity index is 1170. The predicted molar refractivity (Wildman–Crippen MR) is 143 cm³/mol. The highest BCUT2D eigenvalue weighted by Crippen LogP contribution is 2.42. The summed E-state index contributed by atoms with van der Waals surface area (Å²) in [6.45, 7) is 14.4. The van der Waals surface area contributed by atoms with Gasteiger partial charge in [0.25, 0.3) is 11.7 Å². The van der Waals surface area contributed by atoms with Gasteiger partial charge in [0.15, 0.2) is 11.5 Å². The summed E-state index contributed by atoms with van der Waals surface area (Å²) in [4.78, 5) is 30.3. The lowest BCUT2D eigenvalue weighted by Crippen LogP contribution is -2.38. The van der Waals surface area contributed by atoms with Crippen LogP contribution in [0.2, 0.25) is 0 Å². The van der Waals surface area contributed by atoms with Gasteiger partial charge in [-0.05, 0) is 82.2 Å². The van der Waals surface area contributed by atoms with Crippen molar-refractivity contribution in [1.82, 2.24) is 9.80 Å². The van der Waals surface area contributed by atoms with Crippen molar-refractivity contribution in [3.05, 3.63) is 58.7 Å². The van der Waals surface area contributed by atoms with Crippen molar-refractivity contribution in [2.75, 3.05) is 32.8 Å². The van der Waals surface area contributed by atoms with Crippen LogP contribution in [0.15, 0.2) is 42.0 Å². The van der Waals surface area contributed by atoms with Crippen molar-refractivity contribution in [2.45, 2.75) is 53.7 Å². The summed E-state index contributed by atoms with van der Waals surface area (Å²) in [7, 11) is 0. The molecule has 1 saturated heterocycles. The second-order valence-electron chi connectivity index (χ2n) is 9.33. The first kappa shape index (κ1) is 28.1. The van der Waals surface area contributed by atoms with Crippen LogP contribution in [0.1, 0.15) is 57.4 Å². The lowest BCUT2D eigenvalue weighted by Gasteiger charge is -2.28. The molecule has 2 N–H and O–H groups in total. The number of likely N-dealkylation sites (tertiary alicyclic amines) is 1. The Morgan fingerprint density at radius 3 is 2.35 bits per heavy atom. The summed E-state index contributed by atoms with van der Waals surface area (Å²) >= 11 is 0. The van der Waals surface area contributed by atoms with Crippen LogP contribution in [0.3, 0.4) is 0 Å². The number of aryl methyl sites for hydroxylation is 1. The molecule has 0 unspecified atom stereocenters. The maximum atomic E-state index is 13.3. The largest absolute Gasteiger partial charge is 0.507 e. The van der Waals surface area contributed by atoms with E-state index in [1.165, 1.54) is 11.0 Å². The van der Waals surface area contributed by atoms with Crippen molar-refractivity contribution >= 4 is 17.4 Å². The molecule has 0 saturated carbocycles. The number of carbonyl (C=O) groups is 2. The number of carbonyl (C=O) groups excluding carboxylic acids is 2. The number of ketones is 1. The number of aliphatic hydroxyl groups excluding tert-OH is 1. The van der Waals surface area contributed by atoms with Gasteiger partial charge in [0, 0.05) is 18.7 Å². The molecule has 2 aromatic rings. The number of hydrogen-bond donors (Lipinski definition) is 2. The van der Waals surface area contributed by atoms with Crippen LogP contribution in [-0.4, -0.2) is 70.6 Å². The van der Waals surface area contributed by atoms with E-state index < -0.39 is 17.7 Å². The lowest BCUT2D eigenvalue weighted by molar-refractivity contribution is -0.140. The molecule has 37 heavy (non-hydrogen) atoms. The van der Waals surface area contributed by atoms with Gasteiger partial charge in [-0.2, -0.15) is 0 Å². The van der Waals surface area contributed by atoms with Crippen LogP contribution in [0.5, 0.6) is 17.2 Å². The smallest absolute Gasteiger partial charge is 0.295 e. The van der Waals surface area contributed by atoms with Gasteiger partial charge < -0.3 is 29.5 Å². The highest BCUT2D eigenvalue weighted by molar-refractivity contribution is 6.46. The summed E-state index contributed by atoms with van der Waals surface area (Å²) in [6.07, 6.45) is -0.0108. The van der Waals surface area contributed by atoms with Gasteiger partial charge in [0.05, 0.1) is 24.3 Å². The van der Waals surface area contributed by atoms with E-state index in [4.69, 9.17) is 9.47 Å². The van der Waals surface area contributed by atoms with E-state index in [0.717, 1.165) is 18.7 Å². The summed E-state index contributed by atoms with van der Waals surface area (Å²) in [5.41, 5.74) is 1.80. The quantitative estimate of drug-likeness (QED) is 0.258. The highest BCUT2D eigenvalue weighted by Gasteiger charge is 2.46. The number of hydrogen-bond acceptors (Lipinski definition) is 7. The summed E-state index contributed by atoms with van der Waals surface area (Å²) in [5, 5.41) is 21.6. The maximum Gasteiger partial charge on any atom is 0.295 e. The number of Topliss-reactive ketones (excluding diaryl/α,β-unsaturated/α-hetero) is 1. The third-order valence-corrected chi connectivity index (χ3v) is 6.50. The van der Waals surface area contributed by atoms with Crippen molar-refractivity contribution in [3.63, 3.8) is 0 Å². The number of rotatable bonds is 11. The molecular formula is C29H38N2O6. The first-order chi connectivity index (χ1) is 17.6. The van der Waals surface area contributed by atoms with Gasteiger partial charge in [-0.25, -0.2) is 0 Å². The van der Waals surface area contributed by atoms with Crippen molar-refractivity contribution in [3.8, 4) is 17.2 Å². The number of amides is 1. The number of likely N-dealkylation sites (N-methyl/N-ethyl adjacent to an activating group) is 1. The van der Waals surface area contributed by atoms with Crippen LogP contribution in [0.4, 0.5) is 0 Å². The van der Waals surface area contributed by atoms with Gasteiger partial charge in [-0.3, -0.25) is 9.59 Å². The van der Waals surface area contributed by atoms with E-state index in [-0.39, 0.29) is 28.9 Å². The molecule has 0 aliphatic carbocycles. The second kappa shape index (κ2) is 12.1. The second-order valence-corrected chi connectivity index (χ2v) is 9.33. The van der Waals surface area contributed by atoms with Crippen LogP contribution >= 0.6 is 0 Å². The molecule has 0 spiro atoms. The summed E-state index contributed by atoms with van der Waals surface area (Å²) < 4.78 is 11.4. The van der Waals surface area contributed by atoms with E-state index in [1.54, 1.807) is 37.3 Å². The fourth-order valence-electron chi connectivity index (χ4n) is 4.56. The number of phenols is 1. The van der Waals surface area contributed by atoms with Crippen LogP contribution in [-0.2, 0) is 9.59 Å². The number of aromatic hydroxyl groups is 1. The van der Waals surface area contributed by atoms with E-state index >= 15 is 0 Å². The molecule has 0 radical (unpaired) electrons. The fourth-order valence-corrected chi connectivity index (χ4v) is 4.56. The minimum atomic E-state index is -0.831. The van der Waals surface area contributed by atoms with Crippen molar-refractivity contribution in [2.24, 2.45) is 0 Å². The lowest BCUT2D eigenvalue weighted by atomic mass is 9.94. The van der Waals surface area contributed by atoms with Gasteiger partial charge in [-0.15, -0.1) is 0 Å². The third-order valence-electron chi connectivity index (χ3n) is 6.50. The van der Waals surface area contributed by atoms with Crippen LogP contribution in [0.25, 0.3) is 5.76 Å². The predicted octanol–water partition coefficient (Wildman–Crippen LogP) is 4.65. The van der Waals surface area contributed by atoms with Gasteiger partial charge in [-0.1, -0.05) is 19.9 Å². The Hall–Kier alpha value is -3.52. The summed E-state index contributed by atoms with van der Waals surface area (Å²) in [5.74, 6) is -0.765. The van der Waals surface area contributed by atoms with E-state index in [1.807, 2.05) is 34.6 Å². The van der Waals surface area contributed by atoms with Gasteiger partial charge in [0.2, 0.25) is 0 Å². The molecule has 1 heterocycles. The minimum Gasteiger partial charge on any atom is -0.507 e. The van der Waals surface area contributed by atoms with E-state index in [9.17, 15) is 19.8 Å². The number of ether oxygens (including phenoxy) is 2. The first-order valence-electron chi connectivity index (χ1n) is 12.9. The van der Waals surface area contributed by atoms with Gasteiger partial charge >= 0.3 is 0 Å². The Morgan fingerprint density at radius 2 is 1.76 bits per heavy atom. The van der Waals surface area contributed by atoms with Crippen LogP contribution < -0.4 is 9.47 Å². The molecule has 2 aromatic carbocycles. The molecule has 3 rings (SSSR count). The Morgan fingerprint density at radius 1 is 1.05 bits per heavy atom. The zero-order chi connectivity index (χ0) is 27.3. The first-order valence-corrected chi connectivity index (χ1v) is 12.9. The standard InChI is InChI=1S/C29H38N2O6/c1-7-30(8-2)14-15-31-26(20-10-12-22(32)24(17-20)36-9-3)25(28(34)29(31)35)27(33)21-11-13-23(19(6)16-21)37-18(4)5/h10-13,16-18,26,32-33H,7-9,14-15H2,1-6H3/b27-25+/t26-/m0/s1. The number of aliphatic hydroxyl groups is 1. The summed E-state index contributed by atoms with van der Waals surface area (Å²) in [6, 6.07) is 9.10. The molecule has 1 amide bonds. The molecule has 1 atom stereocenters. The molecule has 8 heteroatoms. The Kier molecular flexibility index (Phi) is 9.21. The number of phenolic OH excluding ortho intramolecular Hbond substituents is 1. The van der Waals surface area contributed by atoms with Crippen molar-refractivity contribution in [1.29, 1.82) is 0 Å². The molecule has 1 aliphatic heterocycles. The number of nitrogens with zero attached hydrogens (tertiary/aromatic N) is 2. The van der Waals surface area contributed by atoms with E-state index in [0.29, 0.717) is 36.6 Å². The highest BCUT2D eigenvalue weighted by atomic mass is 16.5. The van der Waals surface area contributed by atoms with Crippen LogP contribution in [0, 0.1) is 6.92 Å². The molecule has 8 nitrogen and oxygen atoms in total.